The van der Waals surface area contributed by atoms with Gasteiger partial charge >= 0.3 is 0 Å². The van der Waals surface area contributed by atoms with Crippen molar-refractivity contribution in [3.05, 3.63) is 45.7 Å². The lowest BCUT2D eigenvalue weighted by molar-refractivity contribution is 0.597. The molecule has 0 saturated carbocycles. The molecule has 0 atom stereocenters. The Hall–Kier alpha value is -1.51. The monoisotopic (exact) mass is 345 g/mol. The molecule has 0 aliphatic rings. The van der Waals surface area contributed by atoms with Gasteiger partial charge in [0.1, 0.15) is 5.82 Å². The van der Waals surface area contributed by atoms with Crippen LogP contribution in [0.4, 0.5) is 5.82 Å². The summed E-state index contributed by atoms with van der Waals surface area (Å²) < 4.78 is 24.2. The van der Waals surface area contributed by atoms with Crippen molar-refractivity contribution in [3.8, 4) is 0 Å². The van der Waals surface area contributed by atoms with Gasteiger partial charge in [-0.2, -0.15) is 0 Å². The number of aromatic nitrogens is 2. The van der Waals surface area contributed by atoms with E-state index in [4.69, 9.17) is 17.3 Å². The van der Waals surface area contributed by atoms with Crippen molar-refractivity contribution >= 4 is 39.0 Å². The maximum absolute atomic E-state index is 12.1. The molecule has 0 unspecified atom stereocenters. The minimum Gasteiger partial charge on any atom is -0.383 e. The molecule has 0 bridgehead atoms. The third-order valence-electron chi connectivity index (χ3n) is 2.50. The number of nitrogen functional groups attached to an aromatic ring is 1. The molecule has 2 aromatic rings. The smallest absolute Gasteiger partial charge is 0.253 e. The molecule has 6 nitrogen and oxygen atoms in total. The first-order valence-corrected chi connectivity index (χ1v) is 8.86. The van der Waals surface area contributed by atoms with Gasteiger partial charge in [-0.1, -0.05) is 23.4 Å². The second kappa shape index (κ2) is 6.50. The van der Waals surface area contributed by atoms with E-state index in [0.29, 0.717) is 10.2 Å². The van der Waals surface area contributed by atoms with Crippen molar-refractivity contribution in [2.45, 2.75) is 10.1 Å². The van der Waals surface area contributed by atoms with Crippen LogP contribution in [0.25, 0.3) is 0 Å². The van der Waals surface area contributed by atoms with Gasteiger partial charge in [0.15, 0.2) is 15.0 Å². The second-order valence-electron chi connectivity index (χ2n) is 4.10. The van der Waals surface area contributed by atoms with E-state index in [1.165, 1.54) is 24.3 Å². The minimum atomic E-state index is -3.40. The van der Waals surface area contributed by atoms with Crippen LogP contribution in [0.5, 0.6) is 0 Å². The Labute approximate surface area is 130 Å². The minimum absolute atomic E-state index is 0.0855. The number of halogens is 1. The van der Waals surface area contributed by atoms with Crippen LogP contribution in [0.3, 0.4) is 0 Å². The molecule has 0 radical (unpaired) electrons. The van der Waals surface area contributed by atoms with Crippen LogP contribution in [-0.4, -0.2) is 29.9 Å². The molecule has 2 rings (SSSR count). The summed E-state index contributed by atoms with van der Waals surface area (Å²) in [6, 6.07) is 7.14. The summed E-state index contributed by atoms with van der Waals surface area (Å²) in [5.41, 5.74) is 5.08. The molecule has 1 heterocycles. The maximum Gasteiger partial charge on any atom is 0.253 e. The molecule has 0 fully saturated rings. The lowest BCUT2D eigenvalue weighted by atomic mass is 10.4. The van der Waals surface area contributed by atoms with E-state index in [9.17, 15) is 13.2 Å². The van der Waals surface area contributed by atoms with Crippen LogP contribution in [0, 0.1) is 0 Å². The van der Waals surface area contributed by atoms with Crippen molar-refractivity contribution in [2.24, 2.45) is 0 Å². The first-order chi connectivity index (χ1) is 9.87. The lowest BCUT2D eigenvalue weighted by Crippen LogP contribution is -2.12. The van der Waals surface area contributed by atoms with Gasteiger partial charge < -0.3 is 10.7 Å². The molecule has 112 valence electrons. The number of H-pyrrole nitrogens is 1. The van der Waals surface area contributed by atoms with Gasteiger partial charge in [0.05, 0.1) is 10.6 Å². The average molecular weight is 346 g/mol. The number of thioether (sulfide) groups is 1. The molecule has 1 aromatic carbocycles. The molecule has 0 spiro atoms. The Kier molecular flexibility index (Phi) is 4.92. The SMILES string of the molecule is Nc1cc(=O)[nH]c(SCCS(=O)(=O)c2ccc(Cl)cc2)n1. The van der Waals surface area contributed by atoms with Crippen molar-refractivity contribution in [3.63, 3.8) is 0 Å². The number of sulfone groups is 1. The number of hydrogen-bond donors (Lipinski definition) is 2. The molecular formula is C12H12ClN3O3S2. The molecule has 0 amide bonds. The van der Waals surface area contributed by atoms with Crippen molar-refractivity contribution < 1.29 is 8.42 Å². The van der Waals surface area contributed by atoms with Gasteiger partial charge in [-0.25, -0.2) is 13.4 Å². The van der Waals surface area contributed by atoms with Crippen LogP contribution < -0.4 is 11.3 Å². The zero-order chi connectivity index (χ0) is 15.5. The number of aromatic amines is 1. The number of rotatable bonds is 5. The number of nitrogens with one attached hydrogen (secondary N) is 1. The first-order valence-electron chi connectivity index (χ1n) is 5.85. The standard InChI is InChI=1S/C12H12ClN3O3S2/c13-8-1-3-9(4-2-8)21(18,19)6-5-20-12-15-10(14)7-11(17)16-12/h1-4,7H,5-6H2,(H3,14,15,16,17). The average Bonchev–Trinajstić information content (AvgIpc) is 2.37. The fourth-order valence-corrected chi connectivity index (χ4v) is 4.19. The van der Waals surface area contributed by atoms with E-state index in [-0.39, 0.29) is 27.8 Å². The molecule has 21 heavy (non-hydrogen) atoms. The van der Waals surface area contributed by atoms with E-state index >= 15 is 0 Å². The normalized spacial score (nSPS) is 11.5. The molecule has 0 aliphatic heterocycles. The first kappa shape index (κ1) is 15.9. The largest absolute Gasteiger partial charge is 0.383 e. The van der Waals surface area contributed by atoms with Gasteiger partial charge in [0, 0.05) is 16.8 Å². The third kappa shape index (κ3) is 4.48. The van der Waals surface area contributed by atoms with E-state index in [1.54, 1.807) is 0 Å². The molecule has 0 saturated heterocycles. The maximum atomic E-state index is 12.1. The highest BCUT2D eigenvalue weighted by Gasteiger charge is 2.14. The predicted octanol–water partition coefficient (Wildman–Crippen LogP) is 1.57. The highest BCUT2D eigenvalue weighted by molar-refractivity contribution is 8.00. The van der Waals surface area contributed by atoms with E-state index in [1.807, 2.05) is 0 Å². The molecule has 3 N–H and O–H groups in total. The fourth-order valence-electron chi connectivity index (χ4n) is 1.53. The van der Waals surface area contributed by atoms with Gasteiger partial charge in [-0.3, -0.25) is 4.79 Å². The van der Waals surface area contributed by atoms with Crippen LogP contribution >= 0.6 is 23.4 Å². The van der Waals surface area contributed by atoms with E-state index in [0.717, 1.165) is 17.8 Å². The Balaban J connectivity index is 2.02. The fraction of sp³-hybridized carbons (Fsp3) is 0.167. The quantitative estimate of drug-likeness (QED) is 0.629. The number of nitrogens with two attached hydrogens (primary N) is 1. The summed E-state index contributed by atoms with van der Waals surface area (Å²) in [6.07, 6.45) is 0. The Morgan fingerprint density at radius 3 is 2.57 bits per heavy atom. The summed E-state index contributed by atoms with van der Waals surface area (Å²) in [7, 11) is -3.40. The highest BCUT2D eigenvalue weighted by atomic mass is 35.5. The van der Waals surface area contributed by atoms with Crippen molar-refractivity contribution in [1.29, 1.82) is 0 Å². The second-order valence-corrected chi connectivity index (χ2v) is 7.73. The zero-order valence-electron chi connectivity index (χ0n) is 10.7. The third-order valence-corrected chi connectivity index (χ3v) is 5.62. The summed E-state index contributed by atoms with van der Waals surface area (Å²) in [6.45, 7) is 0. The Bertz CT molecular complexity index is 788. The Morgan fingerprint density at radius 2 is 1.95 bits per heavy atom. The summed E-state index contributed by atoms with van der Waals surface area (Å²) in [5, 5.41) is 0.774. The van der Waals surface area contributed by atoms with Crippen molar-refractivity contribution in [2.75, 3.05) is 17.2 Å². The summed E-state index contributed by atoms with van der Waals surface area (Å²) in [4.78, 5) is 17.8. The van der Waals surface area contributed by atoms with Gasteiger partial charge in [0.25, 0.3) is 5.56 Å². The molecular weight excluding hydrogens is 334 g/mol. The summed E-state index contributed by atoms with van der Waals surface area (Å²) in [5.74, 6) is 0.261. The number of benzene rings is 1. The molecule has 1 aromatic heterocycles. The van der Waals surface area contributed by atoms with Crippen LogP contribution in [0.15, 0.2) is 45.2 Å². The van der Waals surface area contributed by atoms with Crippen molar-refractivity contribution in [1.82, 2.24) is 9.97 Å². The van der Waals surface area contributed by atoms with Crippen LogP contribution in [0.1, 0.15) is 0 Å². The summed E-state index contributed by atoms with van der Waals surface area (Å²) >= 11 is 6.84. The number of anilines is 1. The Morgan fingerprint density at radius 1 is 1.29 bits per heavy atom. The van der Waals surface area contributed by atoms with E-state index in [2.05, 4.69) is 9.97 Å². The number of hydrogen-bond acceptors (Lipinski definition) is 6. The van der Waals surface area contributed by atoms with E-state index < -0.39 is 9.84 Å². The highest BCUT2D eigenvalue weighted by Crippen LogP contribution is 2.18. The lowest BCUT2D eigenvalue weighted by Gasteiger charge is -2.04. The molecule has 9 heteroatoms. The van der Waals surface area contributed by atoms with Gasteiger partial charge in [-0.05, 0) is 24.3 Å². The number of nitrogens with zero attached hydrogens (tertiary/aromatic N) is 1. The van der Waals surface area contributed by atoms with Crippen LogP contribution in [-0.2, 0) is 9.84 Å². The topological polar surface area (TPSA) is 106 Å². The zero-order valence-corrected chi connectivity index (χ0v) is 13.1. The van der Waals surface area contributed by atoms with Gasteiger partial charge in [-0.15, -0.1) is 0 Å². The van der Waals surface area contributed by atoms with Gasteiger partial charge in [0.2, 0.25) is 0 Å². The predicted molar refractivity (Wildman–Crippen MR) is 83.5 cm³/mol. The molecule has 0 aliphatic carbocycles. The van der Waals surface area contributed by atoms with Crippen LogP contribution in [0.2, 0.25) is 5.02 Å².